The van der Waals surface area contributed by atoms with Crippen molar-refractivity contribution in [2.75, 3.05) is 39.3 Å². The van der Waals surface area contributed by atoms with Gasteiger partial charge in [-0.15, -0.1) is 0 Å². The maximum absolute atomic E-state index is 12.2. The smallest absolute Gasteiger partial charge is 0.252 e. The van der Waals surface area contributed by atoms with Crippen LogP contribution in [0.25, 0.3) is 0 Å². The van der Waals surface area contributed by atoms with E-state index in [1.54, 1.807) is 24.3 Å². The second kappa shape index (κ2) is 8.14. The van der Waals surface area contributed by atoms with Gasteiger partial charge < -0.3 is 0 Å². The van der Waals surface area contributed by atoms with Gasteiger partial charge in [0.1, 0.15) is 0 Å². The fraction of sp³-hybridized carbons (Fsp3) is 0.909. The summed E-state index contributed by atoms with van der Waals surface area (Å²) in [6, 6.07) is 0.115. The van der Waals surface area contributed by atoms with Gasteiger partial charge in [0.05, 0.1) is 13.1 Å². The van der Waals surface area contributed by atoms with Crippen molar-refractivity contribution in [3.63, 3.8) is 0 Å². The largest absolute Gasteiger partial charge is 0.342 e. The van der Waals surface area contributed by atoms with Crippen molar-refractivity contribution in [3.05, 3.63) is 0 Å². The predicted octanol–water partition coefficient (Wildman–Crippen LogP) is 2.53. The summed E-state index contributed by atoms with van der Waals surface area (Å²) in [5.74, 6) is 0. The molecule has 1 aliphatic heterocycles. The zero-order chi connectivity index (χ0) is 13.5. The lowest BCUT2D eigenvalue weighted by atomic mass is 10.7. The molecule has 0 unspecified atom stereocenters. The van der Waals surface area contributed by atoms with E-state index in [9.17, 15) is 4.79 Å². The van der Waals surface area contributed by atoms with Gasteiger partial charge in [-0.1, -0.05) is 27.7 Å². The Balaban J connectivity index is 2.46. The Labute approximate surface area is 119 Å². The minimum absolute atomic E-state index is 0.115. The molecule has 1 saturated heterocycles. The first-order chi connectivity index (χ1) is 8.65. The molecule has 1 rings (SSSR count). The predicted molar refractivity (Wildman–Crippen MR) is 79.8 cm³/mol. The number of carbonyl (C=O) groups excluding carboxylic acids is 1. The fourth-order valence-corrected chi connectivity index (χ4v) is 3.34. The van der Waals surface area contributed by atoms with Crippen molar-refractivity contribution in [1.82, 2.24) is 17.2 Å². The molecular weight excluding hydrogens is 268 g/mol. The number of rotatable bonds is 8. The standard InChI is InChI=1S/C11H24N4OS2/c1-5-12(6-2)17-14-9-10-15(11(14)16)18-13(7-3)8-4/h5-10H2,1-4H3. The lowest BCUT2D eigenvalue weighted by Crippen LogP contribution is -2.30. The second-order valence-electron chi connectivity index (χ2n) is 3.88. The van der Waals surface area contributed by atoms with E-state index in [0.29, 0.717) is 0 Å². The minimum Gasteiger partial charge on any atom is -0.252 e. The first kappa shape index (κ1) is 15.9. The van der Waals surface area contributed by atoms with Crippen molar-refractivity contribution in [1.29, 1.82) is 0 Å². The van der Waals surface area contributed by atoms with Gasteiger partial charge in [0.2, 0.25) is 0 Å². The lowest BCUT2D eigenvalue weighted by molar-refractivity contribution is 0.226. The van der Waals surface area contributed by atoms with Crippen LogP contribution < -0.4 is 0 Å². The van der Waals surface area contributed by atoms with Crippen LogP contribution in [0.1, 0.15) is 27.7 Å². The average Bonchev–Trinajstić information content (AvgIpc) is 2.74. The van der Waals surface area contributed by atoms with Gasteiger partial charge in [-0.25, -0.2) is 13.4 Å². The Morgan fingerprint density at radius 3 is 1.50 bits per heavy atom. The van der Waals surface area contributed by atoms with Crippen molar-refractivity contribution in [2.24, 2.45) is 0 Å². The summed E-state index contributed by atoms with van der Waals surface area (Å²) in [6.45, 7) is 13.9. The molecule has 5 nitrogen and oxygen atoms in total. The van der Waals surface area contributed by atoms with E-state index < -0.39 is 0 Å². The molecule has 0 atom stereocenters. The molecule has 0 aromatic carbocycles. The summed E-state index contributed by atoms with van der Waals surface area (Å²) in [5, 5.41) is 0. The maximum Gasteiger partial charge on any atom is 0.342 e. The first-order valence-corrected chi connectivity index (χ1v) is 8.07. The molecule has 0 aromatic rings. The summed E-state index contributed by atoms with van der Waals surface area (Å²) < 4.78 is 8.07. The zero-order valence-corrected chi connectivity index (χ0v) is 13.4. The molecule has 106 valence electrons. The Hall–Kier alpha value is -0.110. The number of hydrogen-bond donors (Lipinski definition) is 0. The van der Waals surface area contributed by atoms with Crippen molar-refractivity contribution in [2.45, 2.75) is 27.7 Å². The Bertz CT molecular complexity index is 235. The van der Waals surface area contributed by atoms with Crippen LogP contribution >= 0.6 is 24.3 Å². The Kier molecular flexibility index (Phi) is 7.21. The van der Waals surface area contributed by atoms with Crippen LogP contribution in [-0.2, 0) is 0 Å². The molecule has 18 heavy (non-hydrogen) atoms. The molecule has 0 aliphatic carbocycles. The van der Waals surface area contributed by atoms with E-state index in [1.165, 1.54) is 0 Å². The molecule has 7 heteroatoms. The normalized spacial score (nSPS) is 16.4. The van der Waals surface area contributed by atoms with E-state index >= 15 is 0 Å². The quantitative estimate of drug-likeness (QED) is 0.642. The van der Waals surface area contributed by atoms with E-state index in [4.69, 9.17) is 0 Å². The van der Waals surface area contributed by atoms with E-state index in [2.05, 4.69) is 36.3 Å². The van der Waals surface area contributed by atoms with E-state index in [-0.39, 0.29) is 6.03 Å². The molecule has 1 fully saturated rings. The topological polar surface area (TPSA) is 30.0 Å². The maximum atomic E-state index is 12.2. The zero-order valence-electron chi connectivity index (χ0n) is 11.8. The number of hydrogen-bond acceptors (Lipinski definition) is 5. The Morgan fingerprint density at radius 1 is 0.889 bits per heavy atom. The van der Waals surface area contributed by atoms with Crippen LogP contribution in [0.2, 0.25) is 0 Å². The molecule has 0 spiro atoms. The number of urea groups is 1. The van der Waals surface area contributed by atoms with Crippen LogP contribution in [-0.4, -0.2) is 62.5 Å². The first-order valence-electron chi connectivity index (χ1n) is 6.61. The van der Waals surface area contributed by atoms with Gasteiger partial charge in [-0.2, -0.15) is 0 Å². The highest BCUT2D eigenvalue weighted by molar-refractivity contribution is 7.96. The minimum atomic E-state index is 0.115. The third-order valence-electron chi connectivity index (χ3n) is 2.77. The van der Waals surface area contributed by atoms with Gasteiger partial charge in [0.15, 0.2) is 0 Å². The van der Waals surface area contributed by atoms with Crippen LogP contribution in [0, 0.1) is 0 Å². The molecule has 2 amide bonds. The summed E-state index contributed by atoms with van der Waals surface area (Å²) in [7, 11) is 0. The summed E-state index contributed by atoms with van der Waals surface area (Å²) in [4.78, 5) is 12.2. The van der Waals surface area contributed by atoms with Gasteiger partial charge in [0, 0.05) is 50.4 Å². The summed E-state index contributed by atoms with van der Waals surface area (Å²) in [6.07, 6.45) is 0. The summed E-state index contributed by atoms with van der Waals surface area (Å²) in [5.41, 5.74) is 0. The molecule has 0 saturated carbocycles. The highest BCUT2D eigenvalue weighted by atomic mass is 32.2. The number of amides is 2. The molecule has 0 N–H and O–H groups in total. The summed E-state index contributed by atoms with van der Waals surface area (Å²) >= 11 is 3.10. The van der Waals surface area contributed by atoms with Crippen molar-refractivity contribution >= 4 is 30.3 Å². The number of nitrogens with zero attached hydrogens (tertiary/aromatic N) is 4. The number of carbonyl (C=O) groups is 1. The lowest BCUT2D eigenvalue weighted by Gasteiger charge is -2.25. The van der Waals surface area contributed by atoms with E-state index in [1.807, 2.05) is 8.61 Å². The highest BCUT2D eigenvalue weighted by Gasteiger charge is 2.32. The third-order valence-corrected chi connectivity index (χ3v) is 5.34. The Morgan fingerprint density at radius 2 is 1.22 bits per heavy atom. The third kappa shape index (κ3) is 4.22. The van der Waals surface area contributed by atoms with Gasteiger partial charge >= 0.3 is 6.03 Å². The van der Waals surface area contributed by atoms with Crippen LogP contribution in [0.5, 0.6) is 0 Å². The molecule has 0 aromatic heterocycles. The molecule has 0 radical (unpaired) electrons. The molecule has 1 heterocycles. The van der Waals surface area contributed by atoms with Crippen molar-refractivity contribution in [3.8, 4) is 0 Å². The van der Waals surface area contributed by atoms with Crippen LogP contribution in [0.15, 0.2) is 0 Å². The average molecular weight is 292 g/mol. The van der Waals surface area contributed by atoms with Crippen LogP contribution in [0.4, 0.5) is 4.79 Å². The molecule has 0 bridgehead atoms. The monoisotopic (exact) mass is 292 g/mol. The molecule has 1 aliphatic rings. The van der Waals surface area contributed by atoms with Gasteiger partial charge in [0.25, 0.3) is 0 Å². The second-order valence-corrected chi connectivity index (χ2v) is 6.12. The van der Waals surface area contributed by atoms with Gasteiger partial charge in [-0.05, 0) is 0 Å². The van der Waals surface area contributed by atoms with E-state index in [0.717, 1.165) is 39.3 Å². The SMILES string of the molecule is CCN(CC)SN1CCN(SN(CC)CC)C1=O. The highest BCUT2D eigenvalue weighted by Crippen LogP contribution is 2.27. The molecular formula is C11H24N4OS2. The fourth-order valence-electron chi connectivity index (χ4n) is 1.61. The van der Waals surface area contributed by atoms with Gasteiger partial charge in [-0.3, -0.25) is 8.61 Å². The van der Waals surface area contributed by atoms with Crippen LogP contribution in [0.3, 0.4) is 0 Å². The van der Waals surface area contributed by atoms with Crippen molar-refractivity contribution < 1.29 is 4.79 Å².